The van der Waals surface area contributed by atoms with E-state index >= 15 is 0 Å². The molecule has 1 aliphatic heterocycles. The molecule has 1 aliphatic rings. The molecule has 1 unspecified atom stereocenters. The molecule has 0 aromatic heterocycles. The lowest BCUT2D eigenvalue weighted by Crippen LogP contribution is -2.17. The van der Waals surface area contributed by atoms with Crippen molar-refractivity contribution in [1.82, 2.24) is 0 Å². The second-order valence-electron chi connectivity index (χ2n) is 1.95. The maximum atomic E-state index is 10.9. The fraction of sp³-hybridized carbons (Fsp3) is 0.286. The third-order valence-corrected chi connectivity index (χ3v) is 1.34. The van der Waals surface area contributed by atoms with Crippen molar-refractivity contribution in [2.45, 2.75) is 0 Å². The highest BCUT2D eigenvalue weighted by Crippen LogP contribution is 2.14. The minimum Gasteiger partial charge on any atom is -0.499 e. The van der Waals surface area contributed by atoms with E-state index in [0.29, 0.717) is 5.76 Å². The molecule has 0 fully saturated rings. The lowest BCUT2D eigenvalue weighted by atomic mass is 10.1. The largest absolute Gasteiger partial charge is 0.499 e. The molecule has 0 radical (unpaired) electrons. The smallest absolute Gasteiger partial charge is 0.270 e. The number of nitriles is 1. The van der Waals surface area contributed by atoms with Crippen molar-refractivity contribution in [2.24, 2.45) is 10.9 Å². The van der Waals surface area contributed by atoms with Crippen LogP contribution in [0.1, 0.15) is 0 Å². The minimum atomic E-state index is -0.856. The molecular weight excluding hydrogens is 144 g/mol. The molecule has 0 spiro atoms. The summed E-state index contributed by atoms with van der Waals surface area (Å²) < 4.78 is 4.79. The summed E-state index contributed by atoms with van der Waals surface area (Å²) >= 11 is 0. The Kier molecular flexibility index (Phi) is 2.02. The summed E-state index contributed by atoms with van der Waals surface area (Å²) in [6.07, 6.45) is 2.84. The number of amides is 1. The van der Waals surface area contributed by atoms with Crippen LogP contribution in [0.2, 0.25) is 0 Å². The second-order valence-corrected chi connectivity index (χ2v) is 1.95. The van der Waals surface area contributed by atoms with E-state index in [1.54, 1.807) is 6.07 Å². The van der Waals surface area contributed by atoms with Crippen LogP contribution in [0.25, 0.3) is 0 Å². The van der Waals surface area contributed by atoms with Gasteiger partial charge >= 0.3 is 0 Å². The van der Waals surface area contributed by atoms with E-state index in [1.165, 1.54) is 19.4 Å². The molecule has 4 nitrogen and oxygen atoms in total. The first kappa shape index (κ1) is 7.48. The maximum Gasteiger partial charge on any atom is 0.270 e. The molecule has 0 saturated heterocycles. The van der Waals surface area contributed by atoms with Gasteiger partial charge in [0, 0.05) is 6.21 Å². The standard InChI is InChI=1S/C7H6N2O2/c1-11-6-2-3-9-7(10)5(6)4-8/h2-3,5H,1H3. The van der Waals surface area contributed by atoms with Crippen molar-refractivity contribution in [3.63, 3.8) is 0 Å². The van der Waals surface area contributed by atoms with Crippen LogP contribution < -0.4 is 0 Å². The van der Waals surface area contributed by atoms with Crippen LogP contribution in [-0.2, 0) is 9.53 Å². The van der Waals surface area contributed by atoms with Gasteiger partial charge in [-0.05, 0) is 6.08 Å². The van der Waals surface area contributed by atoms with Crippen molar-refractivity contribution < 1.29 is 9.53 Å². The number of rotatable bonds is 1. The fourth-order valence-corrected chi connectivity index (χ4v) is 0.781. The molecule has 0 aromatic rings. The third-order valence-electron chi connectivity index (χ3n) is 1.34. The van der Waals surface area contributed by atoms with E-state index in [2.05, 4.69) is 4.99 Å². The van der Waals surface area contributed by atoms with E-state index in [0.717, 1.165) is 0 Å². The Labute approximate surface area is 63.8 Å². The Morgan fingerprint density at radius 1 is 1.82 bits per heavy atom. The molecule has 11 heavy (non-hydrogen) atoms. The van der Waals surface area contributed by atoms with Crippen molar-refractivity contribution in [3.05, 3.63) is 11.8 Å². The Morgan fingerprint density at radius 2 is 2.55 bits per heavy atom. The first-order valence-corrected chi connectivity index (χ1v) is 3.01. The number of hydrogen-bond acceptors (Lipinski definition) is 3. The van der Waals surface area contributed by atoms with Crippen LogP contribution in [0.3, 0.4) is 0 Å². The number of hydrogen-bond donors (Lipinski definition) is 0. The number of ether oxygens (including phenoxy) is 1. The zero-order valence-corrected chi connectivity index (χ0v) is 5.94. The summed E-state index contributed by atoms with van der Waals surface area (Å²) in [5.74, 6) is -0.968. The van der Waals surface area contributed by atoms with Crippen LogP contribution in [-0.4, -0.2) is 19.2 Å². The first-order valence-electron chi connectivity index (χ1n) is 3.01. The molecule has 1 heterocycles. The molecule has 0 N–H and O–H groups in total. The Balaban J connectivity index is 2.92. The number of methoxy groups -OCH3 is 1. The number of nitrogens with zero attached hydrogens (tertiary/aromatic N) is 2. The SMILES string of the molecule is COC1=CC=NC(=O)C1C#N. The molecule has 0 bridgehead atoms. The number of aliphatic imine (C=N–C) groups is 1. The van der Waals surface area contributed by atoms with Gasteiger partial charge in [0.2, 0.25) is 0 Å². The number of dihydropyridines is 1. The number of allylic oxidation sites excluding steroid dienone is 1. The monoisotopic (exact) mass is 150 g/mol. The quantitative estimate of drug-likeness (QED) is 0.538. The lowest BCUT2D eigenvalue weighted by molar-refractivity contribution is -0.119. The zero-order valence-electron chi connectivity index (χ0n) is 5.94. The molecule has 1 atom stereocenters. The van der Waals surface area contributed by atoms with E-state index in [1.807, 2.05) is 0 Å². The fourth-order valence-electron chi connectivity index (χ4n) is 0.781. The van der Waals surface area contributed by atoms with Crippen molar-refractivity contribution in [2.75, 3.05) is 7.11 Å². The van der Waals surface area contributed by atoms with Gasteiger partial charge in [-0.2, -0.15) is 5.26 Å². The van der Waals surface area contributed by atoms with Crippen LogP contribution >= 0.6 is 0 Å². The first-order chi connectivity index (χ1) is 5.29. The van der Waals surface area contributed by atoms with Gasteiger partial charge in [-0.3, -0.25) is 4.79 Å². The second kappa shape index (κ2) is 2.97. The predicted octanol–water partition coefficient (Wildman–Crippen LogP) is 0.267. The minimum absolute atomic E-state index is 0.354. The molecular formula is C7H6N2O2. The van der Waals surface area contributed by atoms with Gasteiger partial charge in [-0.1, -0.05) is 0 Å². The maximum absolute atomic E-state index is 10.9. The van der Waals surface area contributed by atoms with Gasteiger partial charge in [0.15, 0.2) is 5.92 Å². The van der Waals surface area contributed by atoms with Crippen molar-refractivity contribution in [1.29, 1.82) is 5.26 Å². The summed E-state index contributed by atoms with van der Waals surface area (Å²) in [6.45, 7) is 0. The Morgan fingerprint density at radius 3 is 3.00 bits per heavy atom. The summed E-state index contributed by atoms with van der Waals surface area (Å²) in [5.41, 5.74) is 0. The van der Waals surface area contributed by atoms with Crippen LogP contribution in [0.4, 0.5) is 0 Å². The molecule has 4 heteroatoms. The normalized spacial score (nSPS) is 22.4. The molecule has 0 aliphatic carbocycles. The van der Waals surface area contributed by atoms with Crippen molar-refractivity contribution in [3.8, 4) is 6.07 Å². The summed E-state index contributed by atoms with van der Waals surface area (Å²) in [6, 6.07) is 1.80. The molecule has 1 amide bonds. The molecule has 0 aromatic carbocycles. The molecule has 1 rings (SSSR count). The van der Waals surface area contributed by atoms with Crippen molar-refractivity contribution >= 4 is 12.1 Å². The average molecular weight is 150 g/mol. The highest BCUT2D eigenvalue weighted by molar-refractivity contribution is 5.96. The molecule has 56 valence electrons. The highest BCUT2D eigenvalue weighted by Gasteiger charge is 2.24. The average Bonchev–Trinajstić information content (AvgIpc) is 2.04. The number of carbonyl (C=O) groups is 1. The molecule has 0 saturated carbocycles. The zero-order chi connectivity index (χ0) is 8.27. The van der Waals surface area contributed by atoms with Crippen LogP contribution in [0.15, 0.2) is 16.8 Å². The van der Waals surface area contributed by atoms with E-state index in [4.69, 9.17) is 10.00 Å². The van der Waals surface area contributed by atoms with Gasteiger partial charge in [-0.15, -0.1) is 0 Å². The third kappa shape index (κ3) is 1.27. The lowest BCUT2D eigenvalue weighted by Gasteiger charge is -2.10. The summed E-state index contributed by atoms with van der Waals surface area (Å²) in [5, 5.41) is 8.50. The number of carbonyl (C=O) groups excluding carboxylic acids is 1. The predicted molar refractivity (Wildman–Crippen MR) is 37.7 cm³/mol. The van der Waals surface area contributed by atoms with Gasteiger partial charge in [0.25, 0.3) is 5.91 Å². The summed E-state index contributed by atoms with van der Waals surface area (Å²) in [4.78, 5) is 14.3. The van der Waals surface area contributed by atoms with E-state index in [9.17, 15) is 4.79 Å². The van der Waals surface area contributed by atoms with Crippen LogP contribution in [0, 0.1) is 17.2 Å². The Hall–Kier alpha value is -1.63. The van der Waals surface area contributed by atoms with Crippen LogP contribution in [0.5, 0.6) is 0 Å². The van der Waals surface area contributed by atoms with E-state index < -0.39 is 11.8 Å². The Bertz CT molecular complexity index is 273. The van der Waals surface area contributed by atoms with Gasteiger partial charge in [0.05, 0.1) is 13.2 Å². The van der Waals surface area contributed by atoms with Gasteiger partial charge < -0.3 is 4.74 Å². The highest BCUT2D eigenvalue weighted by atomic mass is 16.5. The topological polar surface area (TPSA) is 62.4 Å². The summed E-state index contributed by atoms with van der Waals surface area (Å²) in [7, 11) is 1.42. The van der Waals surface area contributed by atoms with Gasteiger partial charge in [-0.25, -0.2) is 4.99 Å². The van der Waals surface area contributed by atoms with Gasteiger partial charge in [0.1, 0.15) is 5.76 Å². The van der Waals surface area contributed by atoms with E-state index in [-0.39, 0.29) is 0 Å².